The van der Waals surface area contributed by atoms with Crippen LogP contribution >= 0.6 is 0 Å². The zero-order valence-corrected chi connectivity index (χ0v) is 13.0. The van der Waals surface area contributed by atoms with Crippen LogP contribution in [0.15, 0.2) is 54.6 Å². The van der Waals surface area contributed by atoms with Crippen molar-refractivity contribution in [3.8, 4) is 5.75 Å². The zero-order chi connectivity index (χ0) is 16.1. The number of para-hydroxylation sites is 1. The third kappa shape index (κ3) is 4.31. The van der Waals surface area contributed by atoms with Crippen molar-refractivity contribution in [2.45, 2.75) is 31.8 Å². The maximum Gasteiger partial charge on any atom is 0.226 e. The van der Waals surface area contributed by atoms with Crippen LogP contribution in [0.2, 0.25) is 0 Å². The van der Waals surface area contributed by atoms with Gasteiger partial charge in [-0.2, -0.15) is 0 Å². The van der Waals surface area contributed by atoms with Crippen LogP contribution in [0.25, 0.3) is 0 Å². The van der Waals surface area contributed by atoms with Crippen molar-refractivity contribution < 1.29 is 13.9 Å². The molecule has 3 nitrogen and oxygen atoms in total. The van der Waals surface area contributed by atoms with Crippen molar-refractivity contribution in [3.63, 3.8) is 0 Å². The van der Waals surface area contributed by atoms with Crippen LogP contribution in [0.5, 0.6) is 5.75 Å². The van der Waals surface area contributed by atoms with E-state index in [2.05, 4.69) is 0 Å². The van der Waals surface area contributed by atoms with Crippen molar-refractivity contribution in [1.82, 2.24) is 4.90 Å². The molecule has 0 saturated heterocycles. The predicted molar refractivity (Wildman–Crippen MR) is 86.5 cm³/mol. The minimum absolute atomic E-state index is 0.0201. The van der Waals surface area contributed by atoms with Gasteiger partial charge in [0.15, 0.2) is 0 Å². The molecule has 0 atom stereocenters. The van der Waals surface area contributed by atoms with Gasteiger partial charge in [-0.1, -0.05) is 36.4 Å². The fraction of sp³-hybridized carbons (Fsp3) is 0.316. The van der Waals surface area contributed by atoms with E-state index in [1.807, 2.05) is 30.3 Å². The van der Waals surface area contributed by atoms with Gasteiger partial charge >= 0.3 is 0 Å². The van der Waals surface area contributed by atoms with E-state index < -0.39 is 0 Å². The third-order valence-corrected chi connectivity index (χ3v) is 3.93. The Kier molecular flexibility index (Phi) is 4.91. The van der Waals surface area contributed by atoms with Gasteiger partial charge in [0.25, 0.3) is 0 Å². The molecular weight excluding hydrogens is 293 g/mol. The quantitative estimate of drug-likeness (QED) is 0.778. The van der Waals surface area contributed by atoms with Gasteiger partial charge in [-0.3, -0.25) is 4.79 Å². The highest BCUT2D eigenvalue weighted by Gasteiger charge is 2.32. The molecule has 4 heteroatoms. The van der Waals surface area contributed by atoms with Crippen molar-refractivity contribution in [2.75, 3.05) is 6.61 Å². The first-order chi connectivity index (χ1) is 11.2. The molecule has 120 valence electrons. The minimum atomic E-state index is -0.258. The number of nitrogens with zero attached hydrogens (tertiary/aromatic N) is 1. The molecule has 0 bridgehead atoms. The summed E-state index contributed by atoms with van der Waals surface area (Å²) >= 11 is 0. The molecule has 0 radical (unpaired) electrons. The molecule has 1 saturated carbocycles. The van der Waals surface area contributed by atoms with Gasteiger partial charge < -0.3 is 9.64 Å². The number of rotatable bonds is 7. The van der Waals surface area contributed by atoms with Crippen LogP contribution < -0.4 is 4.74 Å². The Morgan fingerprint density at radius 2 is 1.78 bits per heavy atom. The second-order valence-electron chi connectivity index (χ2n) is 5.76. The Balaban J connectivity index is 1.56. The first-order valence-corrected chi connectivity index (χ1v) is 7.95. The smallest absolute Gasteiger partial charge is 0.226 e. The zero-order valence-electron chi connectivity index (χ0n) is 13.0. The van der Waals surface area contributed by atoms with Crippen molar-refractivity contribution in [3.05, 3.63) is 66.0 Å². The summed E-state index contributed by atoms with van der Waals surface area (Å²) in [6, 6.07) is 16.3. The second kappa shape index (κ2) is 7.27. The van der Waals surface area contributed by atoms with Crippen LogP contribution in [-0.4, -0.2) is 23.5 Å². The number of ether oxygens (including phenoxy) is 1. The summed E-state index contributed by atoms with van der Waals surface area (Å²) in [7, 11) is 0. The Morgan fingerprint density at radius 3 is 2.48 bits per heavy atom. The maximum absolute atomic E-state index is 13.8. The molecule has 1 fully saturated rings. The highest BCUT2D eigenvalue weighted by Crippen LogP contribution is 2.29. The third-order valence-electron chi connectivity index (χ3n) is 3.93. The molecule has 0 N–H and O–H groups in total. The van der Waals surface area contributed by atoms with Crippen LogP contribution in [0.3, 0.4) is 0 Å². The average Bonchev–Trinajstić information content (AvgIpc) is 3.40. The Bertz CT molecular complexity index is 655. The lowest BCUT2D eigenvalue weighted by Gasteiger charge is -2.23. The van der Waals surface area contributed by atoms with Crippen LogP contribution in [-0.2, 0) is 11.3 Å². The van der Waals surface area contributed by atoms with E-state index in [0.29, 0.717) is 25.1 Å². The van der Waals surface area contributed by atoms with E-state index in [0.717, 1.165) is 18.6 Å². The van der Waals surface area contributed by atoms with E-state index in [9.17, 15) is 9.18 Å². The normalized spacial score (nSPS) is 13.6. The van der Waals surface area contributed by atoms with E-state index in [4.69, 9.17) is 4.74 Å². The Hall–Kier alpha value is -2.36. The lowest BCUT2D eigenvalue weighted by molar-refractivity contribution is -0.133. The lowest BCUT2D eigenvalue weighted by atomic mass is 10.2. The number of carbonyl (C=O) groups is 1. The number of benzene rings is 2. The van der Waals surface area contributed by atoms with Crippen LogP contribution in [0.1, 0.15) is 24.8 Å². The van der Waals surface area contributed by atoms with E-state index in [1.165, 1.54) is 6.07 Å². The van der Waals surface area contributed by atoms with Gasteiger partial charge in [0.05, 0.1) is 13.0 Å². The Morgan fingerprint density at radius 1 is 1.09 bits per heavy atom. The van der Waals surface area contributed by atoms with Gasteiger partial charge in [0.2, 0.25) is 5.91 Å². The molecule has 1 aliphatic carbocycles. The molecule has 1 amide bonds. The molecule has 2 aromatic rings. The second-order valence-corrected chi connectivity index (χ2v) is 5.76. The summed E-state index contributed by atoms with van der Waals surface area (Å²) in [6.07, 6.45) is 2.30. The summed E-state index contributed by atoms with van der Waals surface area (Å²) in [6.45, 7) is 0.671. The monoisotopic (exact) mass is 313 g/mol. The van der Waals surface area contributed by atoms with Gasteiger partial charge in [-0.05, 0) is 31.0 Å². The van der Waals surface area contributed by atoms with E-state index in [-0.39, 0.29) is 17.8 Å². The number of halogens is 1. The lowest BCUT2D eigenvalue weighted by Crippen LogP contribution is -2.33. The molecule has 0 heterocycles. The van der Waals surface area contributed by atoms with Crippen molar-refractivity contribution >= 4 is 5.91 Å². The number of carbonyl (C=O) groups excluding carboxylic acids is 1. The molecule has 0 spiro atoms. The molecule has 1 aliphatic rings. The minimum Gasteiger partial charge on any atom is -0.493 e. The summed E-state index contributed by atoms with van der Waals surface area (Å²) < 4.78 is 19.4. The number of hydrogen-bond donors (Lipinski definition) is 0. The fourth-order valence-corrected chi connectivity index (χ4v) is 2.53. The highest BCUT2D eigenvalue weighted by atomic mass is 19.1. The van der Waals surface area contributed by atoms with E-state index in [1.54, 1.807) is 23.1 Å². The summed E-state index contributed by atoms with van der Waals surface area (Å²) in [4.78, 5) is 14.2. The van der Waals surface area contributed by atoms with Gasteiger partial charge in [-0.15, -0.1) is 0 Å². The average molecular weight is 313 g/mol. The summed E-state index contributed by atoms with van der Waals surface area (Å²) in [5.41, 5.74) is 0.566. The molecule has 0 unspecified atom stereocenters. The SMILES string of the molecule is O=C(CCOc1ccccc1)N(Cc1ccccc1F)C1CC1. The molecule has 3 rings (SSSR count). The van der Waals surface area contributed by atoms with E-state index >= 15 is 0 Å². The largest absolute Gasteiger partial charge is 0.493 e. The summed E-state index contributed by atoms with van der Waals surface area (Å²) in [5.74, 6) is 0.519. The van der Waals surface area contributed by atoms with Gasteiger partial charge in [0.1, 0.15) is 11.6 Å². The maximum atomic E-state index is 13.8. The Labute approximate surface area is 135 Å². The van der Waals surface area contributed by atoms with Gasteiger partial charge in [0, 0.05) is 18.2 Å². The number of amides is 1. The first kappa shape index (κ1) is 15.5. The van der Waals surface area contributed by atoms with Crippen molar-refractivity contribution in [1.29, 1.82) is 0 Å². The molecule has 2 aromatic carbocycles. The topological polar surface area (TPSA) is 29.5 Å². The van der Waals surface area contributed by atoms with Gasteiger partial charge in [-0.25, -0.2) is 4.39 Å². The first-order valence-electron chi connectivity index (χ1n) is 7.95. The molecule has 23 heavy (non-hydrogen) atoms. The van der Waals surface area contributed by atoms with Crippen molar-refractivity contribution in [2.24, 2.45) is 0 Å². The molecule has 0 aromatic heterocycles. The van der Waals surface area contributed by atoms with Crippen LogP contribution in [0.4, 0.5) is 4.39 Å². The predicted octanol–water partition coefficient (Wildman–Crippen LogP) is 3.79. The number of hydrogen-bond acceptors (Lipinski definition) is 2. The standard InChI is InChI=1S/C19H20FNO2/c20-18-9-5-4-6-15(18)14-21(16-10-11-16)19(22)12-13-23-17-7-2-1-3-8-17/h1-9,16H,10-14H2. The summed E-state index contributed by atoms with van der Waals surface area (Å²) in [5, 5.41) is 0. The highest BCUT2D eigenvalue weighted by molar-refractivity contribution is 5.77. The molecular formula is C19H20FNO2. The van der Waals surface area contributed by atoms with Crippen LogP contribution in [0, 0.1) is 5.82 Å². The molecule has 0 aliphatic heterocycles. The fourth-order valence-electron chi connectivity index (χ4n) is 2.53.